The number of carbonyl (C=O) groups excluding carboxylic acids is 1. The number of rotatable bonds is 6. The van der Waals surface area contributed by atoms with E-state index >= 15 is 0 Å². The van der Waals surface area contributed by atoms with Crippen LogP contribution in [-0.2, 0) is 4.79 Å². The minimum atomic E-state index is -1.18. The van der Waals surface area contributed by atoms with Crippen molar-refractivity contribution in [3.63, 3.8) is 0 Å². The van der Waals surface area contributed by atoms with E-state index in [0.717, 1.165) is 0 Å². The summed E-state index contributed by atoms with van der Waals surface area (Å²) in [5.74, 6) is -1.11. The monoisotopic (exact) mass is 551 g/mol. The zero-order chi connectivity index (χ0) is 20.3. The SMILES string of the molecule is [CH2-]c1c(C(=O)NCC(=O)O)cc(Cl)c(Oc2ccc(O)c(C(C)C)c2)c1Cl.[Pr]. The molecule has 2 aromatic rings. The van der Waals surface area contributed by atoms with Gasteiger partial charge in [0.15, 0.2) is 5.91 Å². The molecule has 147 valence electrons. The first-order chi connectivity index (χ1) is 12.6. The Bertz CT molecular complexity index is 902. The van der Waals surface area contributed by atoms with Crippen molar-refractivity contribution in [1.29, 1.82) is 0 Å². The first kappa shape index (κ1) is 24.8. The zero-order valence-electron chi connectivity index (χ0n) is 15.3. The second-order valence-electron chi connectivity index (χ2n) is 6.08. The van der Waals surface area contributed by atoms with Crippen LogP contribution in [0.3, 0.4) is 0 Å². The van der Waals surface area contributed by atoms with E-state index in [4.69, 9.17) is 33.0 Å². The fourth-order valence-corrected chi connectivity index (χ4v) is 2.90. The third kappa shape index (κ3) is 5.90. The number of aliphatic carboxylic acids is 1. The number of carboxylic acid groups (broad SMARTS) is 1. The fraction of sp³-hybridized carbons (Fsp3) is 0.211. The Balaban J connectivity index is 0.00000392. The van der Waals surface area contributed by atoms with E-state index in [0.29, 0.717) is 11.3 Å². The topological polar surface area (TPSA) is 95.9 Å². The van der Waals surface area contributed by atoms with E-state index in [1.165, 1.54) is 12.1 Å². The fourth-order valence-electron chi connectivity index (χ4n) is 2.36. The first-order valence-electron chi connectivity index (χ1n) is 7.96. The maximum atomic E-state index is 12.1. The van der Waals surface area contributed by atoms with Crippen LogP contribution in [0.15, 0.2) is 24.3 Å². The van der Waals surface area contributed by atoms with Gasteiger partial charge in [-0.3, -0.25) is 9.59 Å². The molecule has 0 bridgehead atoms. The number of ether oxygens (including phenoxy) is 1. The van der Waals surface area contributed by atoms with Crippen LogP contribution in [0.1, 0.15) is 41.3 Å². The smallest absolute Gasteiger partial charge is 0.322 e. The van der Waals surface area contributed by atoms with Gasteiger partial charge in [-0.1, -0.05) is 37.1 Å². The number of amides is 1. The second kappa shape index (κ2) is 10.5. The quantitative estimate of drug-likeness (QED) is 0.456. The number of halogens is 2. The van der Waals surface area contributed by atoms with Crippen LogP contribution in [0.2, 0.25) is 10.0 Å². The predicted octanol–water partition coefficient (Wildman–Crippen LogP) is 4.61. The minimum absolute atomic E-state index is 0. The summed E-state index contributed by atoms with van der Waals surface area (Å²) in [6.07, 6.45) is 0. The Hall–Kier alpha value is -1.21. The number of phenolic OH excluding ortho intramolecular Hbond substituents is 1. The molecule has 1 radical (unpaired) electrons. The molecule has 3 N–H and O–H groups in total. The summed E-state index contributed by atoms with van der Waals surface area (Å²) in [4.78, 5) is 22.7. The summed E-state index contributed by atoms with van der Waals surface area (Å²) >= 11 is 12.5. The second-order valence-corrected chi connectivity index (χ2v) is 6.87. The van der Waals surface area contributed by atoms with Gasteiger partial charge < -0.3 is 20.3 Å². The average molecular weight is 552 g/mol. The molecule has 6 nitrogen and oxygen atoms in total. The number of hydrogen-bond donors (Lipinski definition) is 3. The first-order valence-corrected chi connectivity index (χ1v) is 8.72. The van der Waals surface area contributed by atoms with Crippen molar-refractivity contribution in [1.82, 2.24) is 5.32 Å². The molecule has 28 heavy (non-hydrogen) atoms. The van der Waals surface area contributed by atoms with Crippen LogP contribution in [0.5, 0.6) is 17.2 Å². The number of aromatic hydroxyl groups is 1. The van der Waals surface area contributed by atoms with Crippen LogP contribution >= 0.6 is 23.2 Å². The van der Waals surface area contributed by atoms with Gasteiger partial charge in [-0.2, -0.15) is 24.1 Å². The van der Waals surface area contributed by atoms with Crippen molar-refractivity contribution in [2.24, 2.45) is 0 Å². The van der Waals surface area contributed by atoms with E-state index < -0.39 is 18.4 Å². The average Bonchev–Trinajstić information content (AvgIpc) is 2.60. The number of nitrogens with one attached hydrogen (secondary N) is 1. The number of carboxylic acids is 1. The molecule has 0 spiro atoms. The van der Waals surface area contributed by atoms with Crippen molar-refractivity contribution in [3.8, 4) is 17.2 Å². The Morgan fingerprint density at radius 3 is 2.46 bits per heavy atom. The molecule has 0 aliphatic heterocycles. The maximum absolute atomic E-state index is 12.1. The molecule has 0 atom stereocenters. The summed E-state index contributed by atoms with van der Waals surface area (Å²) in [7, 11) is 0. The van der Waals surface area contributed by atoms with Crippen LogP contribution in [-0.4, -0.2) is 28.6 Å². The van der Waals surface area contributed by atoms with Gasteiger partial charge in [-0.05, 0) is 29.1 Å². The normalized spacial score (nSPS) is 10.3. The van der Waals surface area contributed by atoms with E-state index in [9.17, 15) is 14.7 Å². The molecule has 2 rings (SSSR count). The predicted molar refractivity (Wildman–Crippen MR) is 103 cm³/mol. The molecule has 2 aromatic carbocycles. The summed E-state index contributed by atoms with van der Waals surface area (Å²) in [6, 6.07) is 6.05. The third-order valence-electron chi connectivity index (χ3n) is 3.76. The van der Waals surface area contributed by atoms with Crippen molar-refractivity contribution in [2.45, 2.75) is 19.8 Å². The summed E-state index contributed by atoms with van der Waals surface area (Å²) in [6.45, 7) is 7.06. The Labute approximate surface area is 206 Å². The minimum Gasteiger partial charge on any atom is -0.508 e. The molecule has 0 saturated carbocycles. The molecular formula is C19H18Cl2NO5Pr-. The van der Waals surface area contributed by atoms with Gasteiger partial charge >= 0.3 is 5.97 Å². The Kier molecular flexibility index (Phi) is 9.34. The number of hydrogen-bond acceptors (Lipinski definition) is 4. The van der Waals surface area contributed by atoms with Gasteiger partial charge in [0.1, 0.15) is 23.8 Å². The van der Waals surface area contributed by atoms with Crippen LogP contribution in [0.4, 0.5) is 0 Å². The molecule has 0 aliphatic carbocycles. The Morgan fingerprint density at radius 1 is 1.25 bits per heavy atom. The van der Waals surface area contributed by atoms with Crippen molar-refractivity contribution < 1.29 is 65.8 Å². The largest absolute Gasteiger partial charge is 0.508 e. The van der Waals surface area contributed by atoms with Gasteiger partial charge in [0.05, 0.1) is 5.02 Å². The van der Waals surface area contributed by atoms with Crippen LogP contribution < -0.4 is 10.1 Å². The van der Waals surface area contributed by atoms with E-state index in [2.05, 4.69) is 12.2 Å². The van der Waals surface area contributed by atoms with Gasteiger partial charge in [-0.15, -0.1) is 0 Å². The molecular weight excluding hydrogens is 534 g/mol. The zero-order valence-corrected chi connectivity index (χ0v) is 20.5. The number of carbonyl (C=O) groups is 2. The van der Waals surface area contributed by atoms with E-state index in [-0.39, 0.29) is 79.9 Å². The molecule has 0 aromatic heterocycles. The summed E-state index contributed by atoms with van der Waals surface area (Å²) in [5.41, 5.74) is 0.897. The van der Waals surface area contributed by atoms with Gasteiger partial charge in [0, 0.05) is 46.9 Å². The van der Waals surface area contributed by atoms with Gasteiger partial charge in [-0.25, -0.2) is 0 Å². The Morgan fingerprint density at radius 2 is 1.89 bits per heavy atom. The van der Waals surface area contributed by atoms with Crippen LogP contribution in [0, 0.1) is 48.2 Å². The van der Waals surface area contributed by atoms with Crippen molar-refractivity contribution in [3.05, 3.63) is 57.9 Å². The molecule has 0 unspecified atom stereocenters. The molecule has 9 heteroatoms. The number of phenols is 1. The third-order valence-corrected chi connectivity index (χ3v) is 4.44. The molecule has 0 fully saturated rings. The summed E-state index contributed by atoms with van der Waals surface area (Å²) < 4.78 is 5.76. The molecule has 0 heterocycles. The maximum Gasteiger partial charge on any atom is 0.322 e. The van der Waals surface area contributed by atoms with Gasteiger partial charge in [0.25, 0.3) is 0 Å². The summed E-state index contributed by atoms with van der Waals surface area (Å²) in [5, 5.41) is 20.9. The molecule has 0 saturated heterocycles. The van der Waals surface area contributed by atoms with Crippen LogP contribution in [0.25, 0.3) is 0 Å². The molecule has 1 amide bonds. The van der Waals surface area contributed by atoms with E-state index in [1.54, 1.807) is 12.1 Å². The van der Waals surface area contributed by atoms with Crippen molar-refractivity contribution in [2.75, 3.05) is 6.54 Å². The standard InChI is InChI=1S/C19H18Cl2NO5.Pr/c1-9(2)12-6-11(4-5-15(12)23)27-18-14(20)7-13(10(3)17(18)21)19(26)22-8-16(24)25;/h4-7,9,23H,3,8H2,1-2H3,(H,22,26)(H,24,25);/q-1;. The van der Waals surface area contributed by atoms with Crippen molar-refractivity contribution >= 4 is 35.1 Å². The number of benzene rings is 2. The van der Waals surface area contributed by atoms with Gasteiger partial charge in [0.2, 0.25) is 0 Å². The van der Waals surface area contributed by atoms with E-state index in [1.807, 2.05) is 13.8 Å². The molecule has 0 aliphatic rings.